The second-order valence-corrected chi connectivity index (χ2v) is 11.5. The van der Waals surface area contributed by atoms with Crippen molar-refractivity contribution in [2.75, 3.05) is 64.9 Å². The number of halogens is 2. The molecule has 0 atom stereocenters. The number of nitrogens with one attached hydrogen (secondary N) is 1. The van der Waals surface area contributed by atoms with Crippen LogP contribution in [0, 0.1) is 5.92 Å². The lowest BCUT2D eigenvalue weighted by molar-refractivity contribution is 0.0955. The van der Waals surface area contributed by atoms with Gasteiger partial charge in [0.25, 0.3) is 0 Å². The van der Waals surface area contributed by atoms with Crippen LogP contribution in [-0.4, -0.2) is 85.8 Å². The van der Waals surface area contributed by atoms with Crippen molar-refractivity contribution in [2.24, 2.45) is 5.92 Å². The highest BCUT2D eigenvalue weighted by Crippen LogP contribution is 2.31. The molecule has 0 bridgehead atoms. The van der Waals surface area contributed by atoms with Crippen molar-refractivity contribution >= 4 is 35.1 Å². The van der Waals surface area contributed by atoms with Crippen molar-refractivity contribution in [2.45, 2.75) is 19.4 Å². The molecular weight excluding hydrogens is 563 g/mol. The van der Waals surface area contributed by atoms with Crippen molar-refractivity contribution in [3.05, 3.63) is 64.3 Å². The van der Waals surface area contributed by atoms with Gasteiger partial charge in [0.05, 0.1) is 18.5 Å². The molecule has 1 aromatic carbocycles. The Kier molecular flexibility index (Phi) is 9.82. The van der Waals surface area contributed by atoms with Crippen LogP contribution in [0.25, 0.3) is 11.3 Å². The minimum atomic E-state index is -0.380. The van der Waals surface area contributed by atoms with Crippen LogP contribution in [0.15, 0.2) is 48.7 Å². The molecule has 2 fully saturated rings. The Morgan fingerprint density at radius 2 is 1.73 bits per heavy atom. The van der Waals surface area contributed by atoms with Gasteiger partial charge in [0.1, 0.15) is 11.6 Å². The Labute approximate surface area is 251 Å². The van der Waals surface area contributed by atoms with E-state index in [1.165, 1.54) is 0 Å². The standard InChI is InChI=1S/C30H36Cl2N6O3/c1-33-30(39)40-20-21-5-7-37(8-6-21)19-22-13-27(23-15-24(31)17-25(32)16-23)35-29(14-22)41-26-3-4-28(34-18-26)38-11-9-36(2)10-12-38/h3-4,13-18,21H,5-12,19-20H2,1-2H3,(H,33,39). The van der Waals surface area contributed by atoms with E-state index in [0.29, 0.717) is 34.2 Å². The SMILES string of the molecule is CNC(=O)OCC1CCN(Cc2cc(Oc3ccc(N4CCN(C)CC4)nc3)nc(-c3cc(Cl)cc(Cl)c3)c2)CC1. The number of likely N-dealkylation sites (tertiary alicyclic amines) is 1. The van der Waals surface area contributed by atoms with E-state index in [-0.39, 0.29) is 6.09 Å². The van der Waals surface area contributed by atoms with E-state index in [1.807, 2.05) is 30.3 Å². The number of piperidine rings is 1. The second-order valence-electron chi connectivity index (χ2n) is 10.7. The summed E-state index contributed by atoms with van der Waals surface area (Å²) in [5, 5.41) is 3.60. The number of likely N-dealkylation sites (N-methyl/N-ethyl adjacent to an activating group) is 1. The summed E-state index contributed by atoms with van der Waals surface area (Å²) in [4.78, 5) is 27.9. The predicted octanol–water partition coefficient (Wildman–Crippen LogP) is 5.56. The fourth-order valence-corrected chi connectivity index (χ4v) is 5.69. The van der Waals surface area contributed by atoms with Gasteiger partial charge in [-0.05, 0) is 80.9 Å². The van der Waals surface area contributed by atoms with Crippen LogP contribution in [-0.2, 0) is 11.3 Å². The van der Waals surface area contributed by atoms with Crippen molar-refractivity contribution in [3.63, 3.8) is 0 Å². The zero-order valence-electron chi connectivity index (χ0n) is 23.5. The third-order valence-electron chi connectivity index (χ3n) is 7.56. The van der Waals surface area contributed by atoms with Crippen LogP contribution in [0.2, 0.25) is 10.0 Å². The maximum Gasteiger partial charge on any atom is 0.406 e. The molecule has 9 nitrogen and oxygen atoms in total. The van der Waals surface area contributed by atoms with E-state index in [2.05, 4.69) is 38.1 Å². The monoisotopic (exact) mass is 598 g/mol. The average molecular weight is 600 g/mol. The molecule has 218 valence electrons. The summed E-state index contributed by atoms with van der Waals surface area (Å²) < 4.78 is 11.5. The maximum atomic E-state index is 11.4. The minimum Gasteiger partial charge on any atom is -0.449 e. The molecule has 41 heavy (non-hydrogen) atoms. The number of anilines is 1. The van der Waals surface area contributed by atoms with Gasteiger partial charge in [-0.25, -0.2) is 14.8 Å². The summed E-state index contributed by atoms with van der Waals surface area (Å²) in [5.41, 5.74) is 2.63. The topological polar surface area (TPSA) is 83.1 Å². The Morgan fingerprint density at radius 3 is 2.39 bits per heavy atom. The molecule has 0 saturated carbocycles. The van der Waals surface area contributed by atoms with E-state index in [0.717, 1.165) is 81.3 Å². The molecule has 2 aliphatic rings. The third-order valence-corrected chi connectivity index (χ3v) is 7.99. The van der Waals surface area contributed by atoms with Crippen LogP contribution >= 0.6 is 23.2 Å². The summed E-state index contributed by atoms with van der Waals surface area (Å²) in [6.45, 7) is 6.97. The number of hydrogen-bond donors (Lipinski definition) is 1. The number of carbonyl (C=O) groups excluding carboxylic acids is 1. The average Bonchev–Trinajstić information content (AvgIpc) is 2.97. The van der Waals surface area contributed by atoms with Gasteiger partial charge in [-0.3, -0.25) is 4.90 Å². The van der Waals surface area contributed by atoms with E-state index < -0.39 is 0 Å². The molecule has 11 heteroatoms. The number of rotatable bonds is 8. The Balaban J connectivity index is 1.31. The van der Waals surface area contributed by atoms with Gasteiger partial charge < -0.3 is 24.6 Å². The van der Waals surface area contributed by atoms with Gasteiger partial charge in [0.2, 0.25) is 5.88 Å². The molecule has 2 aliphatic heterocycles. The highest BCUT2D eigenvalue weighted by Gasteiger charge is 2.21. The molecule has 0 spiro atoms. The number of aromatic nitrogens is 2. The van der Waals surface area contributed by atoms with E-state index >= 15 is 0 Å². The molecule has 2 saturated heterocycles. The number of amides is 1. The summed E-state index contributed by atoms with van der Waals surface area (Å²) >= 11 is 12.6. The number of pyridine rings is 2. The molecular formula is C30H36Cl2N6O3. The zero-order valence-corrected chi connectivity index (χ0v) is 25.0. The first-order valence-electron chi connectivity index (χ1n) is 14.0. The van der Waals surface area contributed by atoms with Crippen LogP contribution in [0.5, 0.6) is 11.6 Å². The molecule has 1 N–H and O–H groups in total. The normalized spacial score (nSPS) is 16.9. The van der Waals surface area contributed by atoms with Crippen LogP contribution in [0.1, 0.15) is 18.4 Å². The molecule has 5 rings (SSSR count). The summed E-state index contributed by atoms with van der Waals surface area (Å²) in [7, 11) is 3.71. The van der Waals surface area contributed by atoms with Gasteiger partial charge in [-0.15, -0.1) is 0 Å². The van der Waals surface area contributed by atoms with E-state index in [1.54, 1.807) is 19.3 Å². The van der Waals surface area contributed by atoms with E-state index in [9.17, 15) is 4.79 Å². The number of carbonyl (C=O) groups is 1. The third kappa shape index (κ3) is 8.23. The van der Waals surface area contributed by atoms with Gasteiger partial charge >= 0.3 is 6.09 Å². The highest BCUT2D eigenvalue weighted by molar-refractivity contribution is 6.35. The molecule has 3 aromatic rings. The number of nitrogens with zero attached hydrogens (tertiary/aromatic N) is 5. The smallest absolute Gasteiger partial charge is 0.406 e. The van der Waals surface area contributed by atoms with Crippen molar-refractivity contribution < 1.29 is 14.3 Å². The first-order valence-corrected chi connectivity index (χ1v) is 14.7. The fraction of sp³-hybridized carbons (Fsp3) is 0.433. The van der Waals surface area contributed by atoms with Crippen LogP contribution in [0.3, 0.4) is 0 Å². The number of benzene rings is 1. The Hall–Kier alpha value is -3.11. The Bertz CT molecular complexity index is 1310. The number of piperazine rings is 1. The Morgan fingerprint density at radius 1 is 1.00 bits per heavy atom. The van der Waals surface area contributed by atoms with Crippen molar-refractivity contribution in [1.29, 1.82) is 0 Å². The number of ether oxygens (including phenoxy) is 2. The second kappa shape index (κ2) is 13.7. The lowest BCUT2D eigenvalue weighted by Gasteiger charge is -2.33. The summed E-state index contributed by atoms with van der Waals surface area (Å²) in [6.07, 6.45) is 3.31. The van der Waals surface area contributed by atoms with Gasteiger partial charge in [0.15, 0.2) is 0 Å². The molecule has 0 aliphatic carbocycles. The quantitative estimate of drug-likeness (QED) is 0.361. The lowest BCUT2D eigenvalue weighted by atomic mass is 9.97. The largest absolute Gasteiger partial charge is 0.449 e. The van der Waals surface area contributed by atoms with Crippen molar-refractivity contribution in [3.8, 4) is 22.9 Å². The van der Waals surface area contributed by atoms with Gasteiger partial charge in [-0.2, -0.15) is 0 Å². The molecule has 1 amide bonds. The summed E-state index contributed by atoms with van der Waals surface area (Å²) in [5.74, 6) is 2.42. The molecule has 0 radical (unpaired) electrons. The minimum absolute atomic E-state index is 0.366. The van der Waals surface area contributed by atoms with E-state index in [4.69, 9.17) is 37.7 Å². The number of hydrogen-bond acceptors (Lipinski definition) is 8. The lowest BCUT2D eigenvalue weighted by Crippen LogP contribution is -2.44. The maximum absolute atomic E-state index is 11.4. The van der Waals surface area contributed by atoms with Crippen LogP contribution < -0.4 is 15.0 Å². The van der Waals surface area contributed by atoms with Crippen LogP contribution in [0.4, 0.5) is 10.6 Å². The fourth-order valence-electron chi connectivity index (χ4n) is 5.16. The number of alkyl carbamates (subject to hydrolysis) is 1. The summed E-state index contributed by atoms with van der Waals surface area (Å²) in [6, 6.07) is 13.4. The zero-order chi connectivity index (χ0) is 28.8. The first kappa shape index (κ1) is 29.4. The molecule has 2 aromatic heterocycles. The predicted molar refractivity (Wildman–Crippen MR) is 162 cm³/mol. The van der Waals surface area contributed by atoms with Gasteiger partial charge in [-0.1, -0.05) is 23.2 Å². The van der Waals surface area contributed by atoms with Gasteiger partial charge in [0, 0.05) is 61.4 Å². The van der Waals surface area contributed by atoms with Crippen molar-refractivity contribution in [1.82, 2.24) is 25.1 Å². The molecule has 0 unspecified atom stereocenters. The first-order chi connectivity index (χ1) is 19.8. The molecule has 4 heterocycles. The highest BCUT2D eigenvalue weighted by atomic mass is 35.5.